The number of β-amino-alcohol motifs (C(OH)–C–C–N with tert-alkyl or cyclic N) is 1. The largest absolute Gasteiger partial charge is 0.395 e. The van der Waals surface area contributed by atoms with Crippen molar-refractivity contribution in [2.24, 2.45) is 0 Å². The van der Waals surface area contributed by atoms with E-state index in [0.717, 1.165) is 37.6 Å². The number of carbonyl (C=O) groups excluding carboxylic acids is 1. The van der Waals surface area contributed by atoms with Gasteiger partial charge in [-0.15, -0.1) is 0 Å². The summed E-state index contributed by atoms with van der Waals surface area (Å²) in [6, 6.07) is 12.3. The van der Waals surface area contributed by atoms with Crippen molar-refractivity contribution in [3.8, 4) is 5.69 Å². The Morgan fingerprint density at radius 1 is 1.11 bits per heavy atom. The van der Waals surface area contributed by atoms with Gasteiger partial charge in [0.2, 0.25) is 11.9 Å². The lowest BCUT2D eigenvalue weighted by Crippen LogP contribution is -2.47. The fourth-order valence-corrected chi connectivity index (χ4v) is 4.28. The van der Waals surface area contributed by atoms with Crippen molar-refractivity contribution in [2.45, 2.75) is 0 Å². The molecule has 0 aliphatic carbocycles. The molecule has 0 radical (unpaired) electrons. The lowest BCUT2D eigenvalue weighted by Gasteiger charge is -2.35. The summed E-state index contributed by atoms with van der Waals surface area (Å²) in [5.74, 6) is -0.480. The summed E-state index contributed by atoms with van der Waals surface area (Å²) in [4.78, 5) is 29.2. The third-order valence-corrected chi connectivity index (χ3v) is 6.22. The van der Waals surface area contributed by atoms with E-state index in [2.05, 4.69) is 42.0 Å². The molecule has 1 aliphatic rings. The highest BCUT2D eigenvalue weighted by Crippen LogP contribution is 2.26. The molecule has 10 nitrogen and oxygen atoms in total. The zero-order chi connectivity index (χ0) is 25.8. The van der Waals surface area contributed by atoms with Crippen LogP contribution in [0.3, 0.4) is 0 Å². The average molecular weight is 503 g/mol. The van der Waals surface area contributed by atoms with E-state index in [1.807, 2.05) is 18.2 Å². The summed E-state index contributed by atoms with van der Waals surface area (Å²) in [5.41, 5.74) is 3.52. The fourth-order valence-electron chi connectivity index (χ4n) is 4.28. The molecular weight excluding hydrogens is 475 g/mol. The van der Waals surface area contributed by atoms with Crippen LogP contribution in [-0.4, -0.2) is 74.8 Å². The minimum atomic E-state index is -0.404. The summed E-state index contributed by atoms with van der Waals surface area (Å²) < 4.78 is 16.8. The molecule has 0 unspecified atom stereocenters. The fraction of sp³-hybridized carbons (Fsp3) is 0.231. The van der Waals surface area contributed by atoms with Crippen LogP contribution >= 0.6 is 0 Å². The summed E-state index contributed by atoms with van der Waals surface area (Å²) in [6.45, 7) is 7.47. The van der Waals surface area contributed by atoms with E-state index in [0.29, 0.717) is 23.4 Å². The third kappa shape index (κ3) is 5.42. The van der Waals surface area contributed by atoms with Gasteiger partial charge in [0.25, 0.3) is 0 Å². The Morgan fingerprint density at radius 3 is 2.70 bits per heavy atom. The molecule has 4 aromatic rings. The van der Waals surface area contributed by atoms with Crippen LogP contribution in [0.25, 0.3) is 16.9 Å². The molecule has 2 aromatic carbocycles. The normalized spacial score (nSPS) is 14.1. The molecule has 1 amide bonds. The Kier molecular flexibility index (Phi) is 7.06. The first-order valence-electron chi connectivity index (χ1n) is 11.9. The zero-order valence-electron chi connectivity index (χ0n) is 20.1. The van der Waals surface area contributed by atoms with Crippen molar-refractivity contribution in [3.63, 3.8) is 0 Å². The maximum atomic E-state index is 15.0. The number of imidazole rings is 1. The van der Waals surface area contributed by atoms with E-state index < -0.39 is 5.82 Å². The maximum absolute atomic E-state index is 15.0. The van der Waals surface area contributed by atoms with Crippen LogP contribution in [0.2, 0.25) is 0 Å². The number of carbonyl (C=O) groups is 1. The van der Waals surface area contributed by atoms with Gasteiger partial charge in [-0.1, -0.05) is 12.6 Å². The van der Waals surface area contributed by atoms with Gasteiger partial charge in [-0.05, 0) is 42.5 Å². The monoisotopic (exact) mass is 502 g/mol. The molecule has 0 spiro atoms. The lowest BCUT2D eigenvalue weighted by molar-refractivity contribution is -0.111. The van der Waals surface area contributed by atoms with Gasteiger partial charge in [0.1, 0.15) is 17.7 Å². The van der Waals surface area contributed by atoms with Gasteiger partial charge >= 0.3 is 0 Å². The molecule has 5 rings (SSSR count). The Bertz CT molecular complexity index is 1430. The number of hydrogen-bond donors (Lipinski definition) is 3. The van der Waals surface area contributed by atoms with E-state index in [1.54, 1.807) is 35.3 Å². The number of halogens is 1. The molecule has 0 atom stereocenters. The molecule has 37 heavy (non-hydrogen) atoms. The number of nitrogens with zero attached hydrogens (tertiary/aromatic N) is 6. The van der Waals surface area contributed by atoms with Crippen LogP contribution in [-0.2, 0) is 4.79 Å². The number of anilines is 4. The van der Waals surface area contributed by atoms with Crippen LogP contribution in [0.1, 0.15) is 0 Å². The second-order valence-electron chi connectivity index (χ2n) is 8.60. The topological polar surface area (TPSA) is 111 Å². The van der Waals surface area contributed by atoms with E-state index in [4.69, 9.17) is 5.11 Å². The van der Waals surface area contributed by atoms with E-state index in [1.165, 1.54) is 12.1 Å². The molecule has 190 valence electrons. The second-order valence-corrected chi connectivity index (χ2v) is 8.60. The van der Waals surface area contributed by atoms with Crippen LogP contribution in [0.5, 0.6) is 0 Å². The minimum absolute atomic E-state index is 0.143. The van der Waals surface area contributed by atoms with Crippen LogP contribution in [0, 0.1) is 5.82 Å². The molecule has 0 saturated carbocycles. The Hall–Kier alpha value is -4.35. The average Bonchev–Trinajstić information content (AvgIpc) is 3.34. The lowest BCUT2D eigenvalue weighted by atomic mass is 10.2. The van der Waals surface area contributed by atoms with Crippen molar-refractivity contribution in [2.75, 3.05) is 54.9 Å². The molecule has 3 N–H and O–H groups in total. The Labute approximate surface area is 213 Å². The summed E-state index contributed by atoms with van der Waals surface area (Å²) in [5, 5.41) is 14.8. The van der Waals surface area contributed by atoms with Crippen molar-refractivity contribution in [3.05, 3.63) is 73.5 Å². The van der Waals surface area contributed by atoms with Gasteiger partial charge < -0.3 is 20.6 Å². The SMILES string of the molecule is C=CC(=O)Nc1cccc(-n2cnc3cnc(Nc4ccc(N5CCN(CCO)CC5)cc4F)nc32)c1. The van der Waals surface area contributed by atoms with Crippen molar-refractivity contribution in [1.82, 2.24) is 24.4 Å². The number of aliphatic hydroxyl groups excluding tert-OH is 1. The number of benzene rings is 2. The highest BCUT2D eigenvalue weighted by atomic mass is 19.1. The van der Waals surface area contributed by atoms with Gasteiger partial charge in [-0.3, -0.25) is 14.3 Å². The predicted molar refractivity (Wildman–Crippen MR) is 141 cm³/mol. The van der Waals surface area contributed by atoms with Crippen molar-refractivity contribution < 1.29 is 14.3 Å². The first kappa shape index (κ1) is 24.3. The number of amides is 1. The molecule has 11 heteroatoms. The Morgan fingerprint density at radius 2 is 1.95 bits per heavy atom. The molecule has 1 aliphatic heterocycles. The van der Waals surface area contributed by atoms with Crippen LogP contribution in [0.4, 0.5) is 27.4 Å². The number of nitrogens with one attached hydrogen (secondary N) is 2. The Balaban J connectivity index is 1.34. The van der Waals surface area contributed by atoms with Gasteiger partial charge in [0.05, 0.1) is 24.2 Å². The number of rotatable bonds is 8. The number of aliphatic hydroxyl groups is 1. The highest BCUT2D eigenvalue weighted by Gasteiger charge is 2.18. The van der Waals surface area contributed by atoms with Gasteiger partial charge in [-0.2, -0.15) is 4.98 Å². The van der Waals surface area contributed by atoms with Crippen LogP contribution < -0.4 is 15.5 Å². The van der Waals surface area contributed by atoms with Crippen molar-refractivity contribution >= 4 is 40.1 Å². The van der Waals surface area contributed by atoms with Gasteiger partial charge in [0.15, 0.2) is 5.65 Å². The quantitative estimate of drug-likeness (QED) is 0.316. The molecule has 2 aromatic heterocycles. The smallest absolute Gasteiger partial charge is 0.247 e. The van der Waals surface area contributed by atoms with E-state index in [9.17, 15) is 4.79 Å². The summed E-state index contributed by atoms with van der Waals surface area (Å²) in [6.07, 6.45) is 4.39. The second kappa shape index (κ2) is 10.7. The van der Waals surface area contributed by atoms with Crippen molar-refractivity contribution in [1.29, 1.82) is 0 Å². The van der Waals surface area contributed by atoms with Gasteiger partial charge in [0, 0.05) is 44.1 Å². The van der Waals surface area contributed by atoms with Crippen LogP contribution in [0.15, 0.2) is 67.6 Å². The van der Waals surface area contributed by atoms with E-state index in [-0.39, 0.29) is 24.1 Å². The number of piperazine rings is 1. The third-order valence-electron chi connectivity index (χ3n) is 6.22. The highest BCUT2D eigenvalue weighted by molar-refractivity contribution is 5.99. The maximum Gasteiger partial charge on any atom is 0.247 e. The molecule has 1 fully saturated rings. The molecule has 3 heterocycles. The van der Waals surface area contributed by atoms with Gasteiger partial charge in [-0.25, -0.2) is 14.4 Å². The number of aromatic nitrogens is 4. The molecular formula is C26H27FN8O2. The summed E-state index contributed by atoms with van der Waals surface area (Å²) >= 11 is 0. The number of hydrogen-bond acceptors (Lipinski definition) is 8. The first-order valence-corrected chi connectivity index (χ1v) is 11.9. The molecule has 1 saturated heterocycles. The zero-order valence-corrected chi connectivity index (χ0v) is 20.1. The number of fused-ring (bicyclic) bond motifs is 1. The van der Waals surface area contributed by atoms with E-state index >= 15 is 4.39 Å². The minimum Gasteiger partial charge on any atom is -0.395 e. The first-order chi connectivity index (χ1) is 18.0. The predicted octanol–water partition coefficient (Wildman–Crippen LogP) is 2.94. The standard InChI is InChI=1S/C26H27FN8O2/c1-2-24(37)30-18-4-3-5-20(14-18)35-17-29-23-16-28-26(32-25(23)35)31-22-7-6-19(15-21(22)27)34-10-8-33(9-11-34)12-13-36/h2-7,14-17,36H,1,8-13H2,(H,30,37)(H,28,31,32). The summed E-state index contributed by atoms with van der Waals surface area (Å²) in [7, 11) is 0. The molecule has 0 bridgehead atoms.